The molecule has 3 rings (SSSR count). The molecule has 0 spiro atoms. The quantitative estimate of drug-likeness (QED) is 0.773. The van der Waals surface area contributed by atoms with Gasteiger partial charge in [0.1, 0.15) is 5.58 Å². The van der Waals surface area contributed by atoms with Crippen molar-refractivity contribution in [2.75, 3.05) is 20.1 Å². The van der Waals surface area contributed by atoms with Crippen molar-refractivity contribution in [1.82, 2.24) is 9.80 Å². The number of nitrogens with zero attached hydrogens (tertiary/aromatic N) is 2. The molecule has 1 aromatic carbocycles. The Morgan fingerprint density at radius 1 is 1.19 bits per heavy atom. The molecule has 1 fully saturated rings. The van der Waals surface area contributed by atoms with Gasteiger partial charge in [0, 0.05) is 43.0 Å². The van der Waals surface area contributed by atoms with Crippen LogP contribution in [0.2, 0.25) is 0 Å². The summed E-state index contributed by atoms with van der Waals surface area (Å²) < 4.78 is 5.44. The van der Waals surface area contributed by atoms with Gasteiger partial charge in [-0.15, -0.1) is 0 Å². The molecule has 0 radical (unpaired) electrons. The first kappa shape index (κ1) is 19.6. The zero-order valence-electron chi connectivity index (χ0n) is 17.3. The maximum Gasteiger partial charge on any atom is 0.336 e. The lowest BCUT2D eigenvalue weighted by atomic mass is 10.0. The zero-order chi connectivity index (χ0) is 19.9. The standard InChI is InChI=1S/C22H30N2O3/c1-14-7-15(2)21-18(8-14)17(10-20(26)27-21)13-23(6)11-16-9-19(25)24(12-16)22(3,4)5/h7-8,10,16H,9,11-13H2,1-6H3. The van der Waals surface area contributed by atoms with Crippen LogP contribution >= 0.6 is 0 Å². The van der Waals surface area contributed by atoms with E-state index in [9.17, 15) is 9.59 Å². The summed E-state index contributed by atoms with van der Waals surface area (Å²) in [6, 6.07) is 5.71. The minimum absolute atomic E-state index is 0.131. The van der Waals surface area contributed by atoms with Crippen LogP contribution in [0.5, 0.6) is 0 Å². The van der Waals surface area contributed by atoms with Gasteiger partial charge in [-0.2, -0.15) is 0 Å². The van der Waals surface area contributed by atoms with Crippen molar-refractivity contribution in [3.05, 3.63) is 45.3 Å². The molecule has 1 atom stereocenters. The normalized spacial score (nSPS) is 18.1. The Hall–Kier alpha value is -2.14. The highest BCUT2D eigenvalue weighted by atomic mass is 16.4. The van der Waals surface area contributed by atoms with Crippen LogP contribution in [-0.2, 0) is 11.3 Å². The van der Waals surface area contributed by atoms with Crippen molar-refractivity contribution in [1.29, 1.82) is 0 Å². The average Bonchev–Trinajstić information content (AvgIpc) is 2.89. The van der Waals surface area contributed by atoms with E-state index in [0.717, 1.165) is 35.2 Å². The number of aryl methyl sites for hydroxylation is 2. The third-order valence-electron chi connectivity index (χ3n) is 5.28. The Labute approximate surface area is 160 Å². The molecule has 1 saturated heterocycles. The fraction of sp³-hybridized carbons (Fsp3) is 0.545. The number of hydrogen-bond donors (Lipinski definition) is 0. The van der Waals surface area contributed by atoms with Crippen LogP contribution in [0.25, 0.3) is 11.0 Å². The molecular formula is C22H30N2O3. The third-order valence-corrected chi connectivity index (χ3v) is 5.28. The lowest BCUT2D eigenvalue weighted by Crippen LogP contribution is -2.42. The Kier molecular flexibility index (Phi) is 5.17. The smallest absolute Gasteiger partial charge is 0.336 e. The fourth-order valence-corrected chi connectivity index (χ4v) is 4.16. The van der Waals surface area contributed by atoms with Gasteiger partial charge in [-0.3, -0.25) is 4.79 Å². The van der Waals surface area contributed by atoms with Crippen molar-refractivity contribution in [2.45, 2.75) is 53.1 Å². The summed E-state index contributed by atoms with van der Waals surface area (Å²) in [6.45, 7) is 12.5. The van der Waals surface area contributed by atoms with E-state index >= 15 is 0 Å². The molecule has 1 unspecified atom stereocenters. The van der Waals surface area contributed by atoms with Gasteiger partial charge in [0.15, 0.2) is 0 Å². The van der Waals surface area contributed by atoms with Crippen molar-refractivity contribution in [3.8, 4) is 0 Å². The predicted molar refractivity (Wildman–Crippen MR) is 108 cm³/mol. The monoisotopic (exact) mass is 370 g/mol. The topological polar surface area (TPSA) is 53.8 Å². The van der Waals surface area contributed by atoms with Crippen LogP contribution < -0.4 is 5.63 Å². The SMILES string of the molecule is Cc1cc(C)c2oc(=O)cc(CN(C)CC3CC(=O)N(C(C)(C)C)C3)c2c1. The molecule has 1 aliphatic heterocycles. The first-order chi connectivity index (χ1) is 12.5. The minimum Gasteiger partial charge on any atom is -0.422 e. The van der Waals surface area contributed by atoms with Gasteiger partial charge in [-0.1, -0.05) is 6.07 Å². The summed E-state index contributed by atoms with van der Waals surface area (Å²) in [5.41, 5.74) is 3.34. The minimum atomic E-state index is -0.312. The number of amides is 1. The first-order valence-electron chi connectivity index (χ1n) is 9.57. The van der Waals surface area contributed by atoms with Gasteiger partial charge in [0.05, 0.1) is 0 Å². The van der Waals surface area contributed by atoms with Gasteiger partial charge in [-0.05, 0) is 70.3 Å². The molecule has 0 saturated carbocycles. The van der Waals surface area contributed by atoms with E-state index < -0.39 is 0 Å². The maximum absolute atomic E-state index is 12.3. The second kappa shape index (κ2) is 7.12. The highest BCUT2D eigenvalue weighted by molar-refractivity contribution is 5.83. The molecule has 0 aliphatic carbocycles. The maximum atomic E-state index is 12.3. The van der Waals surface area contributed by atoms with E-state index in [1.807, 2.05) is 24.9 Å². The van der Waals surface area contributed by atoms with E-state index in [0.29, 0.717) is 24.5 Å². The first-order valence-corrected chi connectivity index (χ1v) is 9.57. The molecule has 1 aromatic heterocycles. The average molecular weight is 370 g/mol. The van der Waals surface area contributed by atoms with E-state index in [1.54, 1.807) is 6.07 Å². The Morgan fingerprint density at radius 3 is 2.52 bits per heavy atom. The summed E-state index contributed by atoms with van der Waals surface area (Å²) in [5, 5.41) is 0.998. The molecule has 5 nitrogen and oxygen atoms in total. The van der Waals surface area contributed by atoms with Gasteiger partial charge >= 0.3 is 5.63 Å². The van der Waals surface area contributed by atoms with Crippen LogP contribution in [-0.4, -0.2) is 41.4 Å². The summed E-state index contributed by atoms with van der Waals surface area (Å²) in [4.78, 5) is 28.5. The second-order valence-electron chi connectivity index (χ2n) is 8.99. The van der Waals surface area contributed by atoms with Gasteiger partial charge in [0.2, 0.25) is 5.91 Å². The van der Waals surface area contributed by atoms with Crippen LogP contribution in [0.15, 0.2) is 27.4 Å². The Bertz CT molecular complexity index is 924. The molecule has 5 heteroatoms. The number of hydrogen-bond acceptors (Lipinski definition) is 4. The summed E-state index contributed by atoms with van der Waals surface area (Å²) in [5.74, 6) is 0.550. The second-order valence-corrected chi connectivity index (χ2v) is 8.99. The zero-order valence-corrected chi connectivity index (χ0v) is 17.3. The van der Waals surface area contributed by atoms with E-state index in [1.165, 1.54) is 0 Å². The lowest BCUT2D eigenvalue weighted by Gasteiger charge is -2.32. The number of rotatable bonds is 4. The van der Waals surface area contributed by atoms with Crippen LogP contribution in [0, 0.1) is 19.8 Å². The number of benzene rings is 1. The summed E-state index contributed by atoms with van der Waals surface area (Å²) in [6.07, 6.45) is 0.595. The molecule has 27 heavy (non-hydrogen) atoms. The molecule has 1 aliphatic rings. The highest BCUT2D eigenvalue weighted by Crippen LogP contribution is 2.27. The molecule has 2 aromatic rings. The lowest BCUT2D eigenvalue weighted by molar-refractivity contribution is -0.131. The molecule has 0 bridgehead atoms. The van der Waals surface area contributed by atoms with Crippen molar-refractivity contribution in [3.63, 3.8) is 0 Å². The van der Waals surface area contributed by atoms with Gasteiger partial charge in [0.25, 0.3) is 0 Å². The Morgan fingerprint density at radius 2 is 1.89 bits per heavy atom. The van der Waals surface area contributed by atoms with Crippen LogP contribution in [0.1, 0.15) is 43.9 Å². The summed E-state index contributed by atoms with van der Waals surface area (Å²) in [7, 11) is 2.05. The van der Waals surface area contributed by atoms with Gasteiger partial charge in [-0.25, -0.2) is 4.79 Å². The largest absolute Gasteiger partial charge is 0.422 e. The van der Waals surface area contributed by atoms with E-state index in [2.05, 4.69) is 38.7 Å². The van der Waals surface area contributed by atoms with Crippen molar-refractivity contribution >= 4 is 16.9 Å². The molecule has 0 N–H and O–H groups in total. The fourth-order valence-electron chi connectivity index (χ4n) is 4.16. The molecule has 1 amide bonds. The third kappa shape index (κ3) is 4.24. The van der Waals surface area contributed by atoms with Crippen molar-refractivity contribution in [2.24, 2.45) is 5.92 Å². The van der Waals surface area contributed by atoms with Crippen LogP contribution in [0.3, 0.4) is 0 Å². The number of fused-ring (bicyclic) bond motifs is 1. The van der Waals surface area contributed by atoms with Gasteiger partial charge < -0.3 is 14.2 Å². The van der Waals surface area contributed by atoms with E-state index in [4.69, 9.17) is 4.42 Å². The van der Waals surface area contributed by atoms with E-state index in [-0.39, 0.29) is 17.1 Å². The highest BCUT2D eigenvalue weighted by Gasteiger charge is 2.36. The van der Waals surface area contributed by atoms with Crippen molar-refractivity contribution < 1.29 is 9.21 Å². The predicted octanol–water partition coefficient (Wildman–Crippen LogP) is 3.49. The molecular weight excluding hydrogens is 340 g/mol. The van der Waals surface area contributed by atoms with Crippen LogP contribution in [0.4, 0.5) is 0 Å². The number of carbonyl (C=O) groups excluding carboxylic acids is 1. The Balaban J connectivity index is 1.78. The molecule has 2 heterocycles. The molecule has 146 valence electrons. The number of carbonyl (C=O) groups is 1. The number of likely N-dealkylation sites (tertiary alicyclic amines) is 1. The summed E-state index contributed by atoms with van der Waals surface area (Å²) >= 11 is 0.